The fourth-order valence-electron chi connectivity index (χ4n) is 1.97. The van der Waals surface area contributed by atoms with Crippen LogP contribution >= 0.6 is 0 Å². The molecule has 0 aromatic carbocycles. The van der Waals surface area contributed by atoms with E-state index in [-0.39, 0.29) is 18.0 Å². The van der Waals surface area contributed by atoms with Gasteiger partial charge in [0.15, 0.2) is 0 Å². The van der Waals surface area contributed by atoms with Crippen molar-refractivity contribution in [3.05, 3.63) is 16.4 Å². The minimum absolute atomic E-state index is 0.118. The zero-order chi connectivity index (χ0) is 12.4. The molecular weight excluding hydrogens is 224 g/mol. The van der Waals surface area contributed by atoms with Crippen LogP contribution in [0.25, 0.3) is 0 Å². The van der Waals surface area contributed by atoms with Crippen molar-refractivity contribution in [1.29, 1.82) is 0 Å². The number of aryl methyl sites for hydroxylation is 1. The van der Waals surface area contributed by atoms with E-state index in [4.69, 9.17) is 4.74 Å². The Morgan fingerprint density at radius 2 is 2.41 bits per heavy atom. The zero-order valence-corrected chi connectivity index (χ0v) is 9.92. The number of hydrogen-bond donors (Lipinski definition) is 1. The van der Waals surface area contributed by atoms with Crippen molar-refractivity contribution in [1.82, 2.24) is 9.55 Å². The van der Waals surface area contributed by atoms with Crippen molar-refractivity contribution in [3.63, 3.8) is 0 Å². The van der Waals surface area contributed by atoms with Crippen LogP contribution < -0.4 is 5.32 Å². The fraction of sp³-hybridized carbons (Fsp3) is 0.700. The van der Waals surface area contributed by atoms with E-state index in [0.717, 1.165) is 12.8 Å². The van der Waals surface area contributed by atoms with E-state index < -0.39 is 4.92 Å². The summed E-state index contributed by atoms with van der Waals surface area (Å²) in [5.74, 6) is 0.349. The Morgan fingerprint density at radius 1 is 1.71 bits per heavy atom. The van der Waals surface area contributed by atoms with Crippen LogP contribution in [0, 0.1) is 10.1 Å². The number of nitro groups is 1. The molecule has 7 heteroatoms. The Balaban J connectivity index is 1.96. The van der Waals surface area contributed by atoms with Gasteiger partial charge in [-0.2, -0.15) is 0 Å². The summed E-state index contributed by atoms with van der Waals surface area (Å²) in [7, 11) is 1.74. The summed E-state index contributed by atoms with van der Waals surface area (Å²) < 4.78 is 7.07. The zero-order valence-electron chi connectivity index (χ0n) is 9.92. The minimum atomic E-state index is -0.471. The number of nitrogens with zero attached hydrogens (tertiary/aromatic N) is 3. The van der Waals surface area contributed by atoms with Gasteiger partial charge in [-0.25, -0.2) is 0 Å². The molecule has 0 saturated heterocycles. The normalized spacial score (nSPS) is 23.2. The maximum absolute atomic E-state index is 10.8. The fourth-order valence-corrected chi connectivity index (χ4v) is 1.97. The van der Waals surface area contributed by atoms with Crippen LogP contribution in [0.3, 0.4) is 0 Å². The van der Waals surface area contributed by atoms with Crippen molar-refractivity contribution in [2.45, 2.75) is 31.9 Å². The molecule has 0 amide bonds. The summed E-state index contributed by atoms with van der Waals surface area (Å²) in [4.78, 5) is 14.0. The van der Waals surface area contributed by atoms with Crippen LogP contribution in [0.1, 0.15) is 19.8 Å². The van der Waals surface area contributed by atoms with Gasteiger partial charge >= 0.3 is 5.82 Å². The Labute approximate surface area is 98.9 Å². The lowest BCUT2D eigenvalue weighted by Crippen LogP contribution is -2.41. The highest BCUT2D eigenvalue weighted by Gasteiger charge is 2.32. The summed E-state index contributed by atoms with van der Waals surface area (Å²) in [6.45, 7) is 2.68. The molecule has 0 unspecified atom stereocenters. The van der Waals surface area contributed by atoms with E-state index >= 15 is 0 Å². The van der Waals surface area contributed by atoms with Crippen molar-refractivity contribution < 1.29 is 9.66 Å². The maximum atomic E-state index is 10.8. The molecule has 1 heterocycles. The lowest BCUT2D eigenvalue weighted by molar-refractivity contribution is -0.388. The Bertz CT molecular complexity index is 412. The molecule has 0 atom stereocenters. The van der Waals surface area contributed by atoms with Gasteiger partial charge in [-0.05, 0) is 29.7 Å². The number of imidazole rings is 1. The molecule has 17 heavy (non-hydrogen) atoms. The number of aromatic nitrogens is 2. The first-order valence-corrected chi connectivity index (χ1v) is 5.65. The van der Waals surface area contributed by atoms with Crippen LogP contribution in [0.15, 0.2) is 6.33 Å². The smallest absolute Gasteiger partial charge is 0.378 e. The Hall–Kier alpha value is -1.63. The lowest BCUT2D eigenvalue weighted by atomic mass is 9.89. The highest BCUT2D eigenvalue weighted by Crippen LogP contribution is 2.30. The first-order valence-electron chi connectivity index (χ1n) is 5.65. The first-order chi connectivity index (χ1) is 8.11. The Morgan fingerprint density at radius 3 is 3.00 bits per heavy atom. The lowest BCUT2D eigenvalue weighted by Gasteiger charge is -2.35. The summed E-state index contributed by atoms with van der Waals surface area (Å²) >= 11 is 0. The molecule has 2 rings (SSSR count). The molecule has 7 nitrogen and oxygen atoms in total. The van der Waals surface area contributed by atoms with Gasteiger partial charge in [0, 0.05) is 19.7 Å². The molecule has 0 bridgehead atoms. The predicted molar refractivity (Wildman–Crippen MR) is 61.9 cm³/mol. The van der Waals surface area contributed by atoms with Crippen LogP contribution in [0.4, 0.5) is 11.6 Å². The first kappa shape index (κ1) is 11.8. The van der Waals surface area contributed by atoms with Crippen molar-refractivity contribution >= 4 is 11.6 Å². The van der Waals surface area contributed by atoms with Gasteiger partial charge in [-0.15, -0.1) is 0 Å². The van der Waals surface area contributed by atoms with Crippen LogP contribution in [-0.4, -0.2) is 33.2 Å². The van der Waals surface area contributed by atoms with Crippen molar-refractivity contribution in [2.24, 2.45) is 7.05 Å². The third kappa shape index (κ3) is 2.38. The molecule has 94 valence electrons. The second-order valence-electron chi connectivity index (χ2n) is 4.17. The van der Waals surface area contributed by atoms with Gasteiger partial charge in [-0.3, -0.25) is 4.57 Å². The number of nitrogens with one attached hydrogen (secondary N) is 1. The number of anilines is 1. The van der Waals surface area contributed by atoms with Gasteiger partial charge in [0.2, 0.25) is 12.1 Å². The highest BCUT2D eigenvalue weighted by atomic mass is 16.6. The predicted octanol–water partition coefficient (Wildman–Crippen LogP) is 1.31. The molecule has 1 N–H and O–H groups in total. The highest BCUT2D eigenvalue weighted by molar-refractivity contribution is 5.53. The number of rotatable bonds is 5. The number of hydrogen-bond acceptors (Lipinski definition) is 5. The summed E-state index contributed by atoms with van der Waals surface area (Å²) in [5.41, 5.74) is 0. The SMILES string of the molecule is CCOC1CC(Nc2c([N+](=O)[O-])ncn2C)C1. The second kappa shape index (κ2) is 4.70. The molecule has 1 saturated carbocycles. The molecule has 1 aliphatic carbocycles. The third-order valence-corrected chi connectivity index (χ3v) is 2.93. The molecular formula is C10H16N4O3. The summed E-state index contributed by atoms with van der Waals surface area (Å²) in [5, 5.41) is 13.9. The van der Waals surface area contributed by atoms with E-state index in [9.17, 15) is 10.1 Å². The van der Waals surface area contributed by atoms with E-state index in [1.807, 2.05) is 6.92 Å². The summed E-state index contributed by atoms with van der Waals surface area (Å²) in [6, 6.07) is 0.237. The van der Waals surface area contributed by atoms with E-state index in [0.29, 0.717) is 12.4 Å². The molecule has 0 spiro atoms. The minimum Gasteiger partial charge on any atom is -0.378 e. The molecule has 1 aromatic heterocycles. The van der Waals surface area contributed by atoms with Crippen LogP contribution in [0.5, 0.6) is 0 Å². The van der Waals surface area contributed by atoms with Crippen molar-refractivity contribution in [3.8, 4) is 0 Å². The van der Waals surface area contributed by atoms with Gasteiger partial charge < -0.3 is 20.2 Å². The average molecular weight is 240 g/mol. The molecule has 1 aliphatic rings. The van der Waals surface area contributed by atoms with Gasteiger partial charge in [0.25, 0.3) is 0 Å². The van der Waals surface area contributed by atoms with E-state index in [1.54, 1.807) is 11.6 Å². The standard InChI is InChI=1S/C10H16N4O3/c1-3-17-8-4-7(5-8)12-10-9(14(15)16)11-6-13(10)2/h6-8,12H,3-5H2,1-2H3. The van der Waals surface area contributed by atoms with Gasteiger partial charge in [-0.1, -0.05) is 0 Å². The summed E-state index contributed by atoms with van der Waals surface area (Å²) in [6.07, 6.45) is 3.50. The molecule has 1 aromatic rings. The quantitative estimate of drug-likeness (QED) is 0.619. The largest absolute Gasteiger partial charge is 0.406 e. The van der Waals surface area contributed by atoms with Crippen LogP contribution in [-0.2, 0) is 11.8 Å². The molecule has 0 radical (unpaired) electrons. The monoisotopic (exact) mass is 240 g/mol. The maximum Gasteiger partial charge on any atom is 0.406 e. The third-order valence-electron chi connectivity index (χ3n) is 2.93. The van der Waals surface area contributed by atoms with Crippen molar-refractivity contribution in [2.75, 3.05) is 11.9 Å². The molecule has 1 fully saturated rings. The van der Waals surface area contributed by atoms with Gasteiger partial charge in [0.05, 0.1) is 6.10 Å². The number of ether oxygens (including phenoxy) is 1. The topological polar surface area (TPSA) is 82.2 Å². The second-order valence-corrected chi connectivity index (χ2v) is 4.17. The van der Waals surface area contributed by atoms with Gasteiger partial charge in [0.1, 0.15) is 0 Å². The Kier molecular flexibility index (Phi) is 3.28. The van der Waals surface area contributed by atoms with E-state index in [2.05, 4.69) is 10.3 Å². The van der Waals surface area contributed by atoms with E-state index in [1.165, 1.54) is 6.33 Å². The molecule has 0 aliphatic heterocycles. The van der Waals surface area contributed by atoms with Crippen LogP contribution in [0.2, 0.25) is 0 Å². The average Bonchev–Trinajstić information content (AvgIpc) is 2.57.